The Kier molecular flexibility index (Phi) is 6.19. The van der Waals surface area contributed by atoms with Gasteiger partial charge in [-0.1, -0.05) is 17.7 Å². The number of carbonyl (C=O) groups excluding carboxylic acids is 1. The Morgan fingerprint density at radius 2 is 2.03 bits per heavy atom. The number of aromatic nitrogens is 3. The molecule has 2 aromatic heterocycles. The summed E-state index contributed by atoms with van der Waals surface area (Å²) in [4.78, 5) is 29.2. The third-order valence-corrected chi connectivity index (χ3v) is 6.13. The number of nitriles is 1. The average Bonchev–Trinajstić information content (AvgIpc) is 3.05. The Hall–Kier alpha value is -3.31. The van der Waals surface area contributed by atoms with Gasteiger partial charge in [0.1, 0.15) is 17.9 Å². The number of hydrogen-bond donors (Lipinski definition) is 0. The van der Waals surface area contributed by atoms with E-state index in [1.54, 1.807) is 34.4 Å². The zero-order valence-electron chi connectivity index (χ0n) is 17.9. The van der Waals surface area contributed by atoms with Crippen molar-refractivity contribution in [3.63, 3.8) is 0 Å². The lowest BCUT2D eigenvalue weighted by molar-refractivity contribution is -0.148. The van der Waals surface area contributed by atoms with Gasteiger partial charge in [0.25, 0.3) is 0 Å². The molecular formula is C23H23ClN4O4. The van der Waals surface area contributed by atoms with E-state index >= 15 is 0 Å². The fourth-order valence-electron chi connectivity index (χ4n) is 4.34. The van der Waals surface area contributed by atoms with Crippen molar-refractivity contribution in [1.82, 2.24) is 14.1 Å². The lowest BCUT2D eigenvalue weighted by Gasteiger charge is -2.28. The summed E-state index contributed by atoms with van der Waals surface area (Å²) in [5, 5.41) is 9.80. The van der Waals surface area contributed by atoms with Crippen LogP contribution in [0.5, 0.6) is 5.75 Å². The van der Waals surface area contributed by atoms with Crippen LogP contribution in [0, 0.1) is 11.3 Å². The van der Waals surface area contributed by atoms with Crippen molar-refractivity contribution in [1.29, 1.82) is 5.26 Å². The first-order chi connectivity index (χ1) is 15.4. The Labute approximate surface area is 189 Å². The van der Waals surface area contributed by atoms with Gasteiger partial charge in [-0.3, -0.25) is 13.9 Å². The van der Waals surface area contributed by atoms with Crippen molar-refractivity contribution in [2.24, 2.45) is 0 Å². The summed E-state index contributed by atoms with van der Waals surface area (Å²) >= 11 is 6.27. The number of nitrogens with zero attached hydrogens (tertiary/aromatic N) is 4. The second-order valence-corrected chi connectivity index (χ2v) is 8.33. The fourth-order valence-corrected chi connectivity index (χ4v) is 4.62. The van der Waals surface area contributed by atoms with E-state index in [4.69, 9.17) is 21.1 Å². The van der Waals surface area contributed by atoms with Gasteiger partial charge in [0.2, 0.25) is 0 Å². The molecule has 0 amide bonds. The van der Waals surface area contributed by atoms with Crippen molar-refractivity contribution in [2.75, 3.05) is 7.11 Å². The van der Waals surface area contributed by atoms with Crippen LogP contribution < -0.4 is 10.4 Å². The van der Waals surface area contributed by atoms with Crippen molar-refractivity contribution < 1.29 is 14.3 Å². The van der Waals surface area contributed by atoms with Crippen LogP contribution in [0.2, 0.25) is 5.02 Å². The van der Waals surface area contributed by atoms with E-state index in [1.165, 1.54) is 13.1 Å². The first-order valence-corrected chi connectivity index (χ1v) is 10.8. The highest BCUT2D eigenvalue weighted by Crippen LogP contribution is 2.32. The van der Waals surface area contributed by atoms with Gasteiger partial charge in [-0.2, -0.15) is 5.26 Å². The number of halogens is 1. The minimum absolute atomic E-state index is 0.0575. The molecule has 2 heterocycles. The van der Waals surface area contributed by atoms with Crippen molar-refractivity contribution in [2.45, 2.75) is 51.3 Å². The highest BCUT2D eigenvalue weighted by Gasteiger charge is 2.28. The molecule has 0 unspecified atom stereocenters. The Bertz CT molecular complexity index is 1270. The maximum Gasteiger partial charge on any atom is 0.330 e. The van der Waals surface area contributed by atoms with Gasteiger partial charge in [0.15, 0.2) is 5.65 Å². The molecule has 1 aromatic carbocycles. The minimum Gasteiger partial charge on any atom is -0.495 e. The highest BCUT2D eigenvalue weighted by molar-refractivity contribution is 6.32. The molecule has 1 aliphatic rings. The molecule has 0 N–H and O–H groups in total. The number of imidazole rings is 1. The molecule has 0 radical (unpaired) electrons. The van der Waals surface area contributed by atoms with Gasteiger partial charge in [-0.15, -0.1) is 0 Å². The van der Waals surface area contributed by atoms with E-state index in [0.717, 1.165) is 5.56 Å². The Balaban J connectivity index is 1.73. The lowest BCUT2D eigenvalue weighted by atomic mass is 9.93. The molecule has 0 aliphatic heterocycles. The monoisotopic (exact) mass is 454 g/mol. The molecule has 8 nitrogen and oxygen atoms in total. The summed E-state index contributed by atoms with van der Waals surface area (Å²) in [6.45, 7) is 1.69. The number of ether oxygens (including phenoxy) is 2. The first kappa shape index (κ1) is 21.9. The SMILES string of the molecule is COc1ccc(Cn2c(=O)n([C@H]3CC[C@@H](OC(C)=O)CC3)c3ncc(C#N)cc32)cc1Cl. The average molecular weight is 455 g/mol. The number of esters is 1. The molecule has 0 bridgehead atoms. The van der Waals surface area contributed by atoms with E-state index < -0.39 is 0 Å². The van der Waals surface area contributed by atoms with Crippen LogP contribution in [0.1, 0.15) is 49.8 Å². The zero-order valence-corrected chi connectivity index (χ0v) is 18.6. The van der Waals surface area contributed by atoms with E-state index in [-0.39, 0.29) is 30.3 Å². The Morgan fingerprint density at radius 3 is 2.66 bits per heavy atom. The van der Waals surface area contributed by atoms with Gasteiger partial charge in [-0.05, 0) is 49.4 Å². The number of fused-ring (bicyclic) bond motifs is 1. The molecule has 1 saturated carbocycles. The van der Waals surface area contributed by atoms with E-state index in [2.05, 4.69) is 11.1 Å². The van der Waals surface area contributed by atoms with Crippen LogP contribution in [0.25, 0.3) is 11.2 Å². The predicted octanol–water partition coefficient (Wildman–Crippen LogP) is 3.83. The smallest absolute Gasteiger partial charge is 0.330 e. The fraction of sp³-hybridized carbons (Fsp3) is 0.391. The van der Waals surface area contributed by atoms with Gasteiger partial charge < -0.3 is 9.47 Å². The molecular weight excluding hydrogens is 432 g/mol. The number of rotatable bonds is 5. The number of pyridine rings is 1. The number of methoxy groups -OCH3 is 1. The molecule has 4 rings (SSSR count). The Morgan fingerprint density at radius 1 is 1.28 bits per heavy atom. The summed E-state index contributed by atoms with van der Waals surface area (Å²) in [5.74, 6) is 0.272. The molecule has 32 heavy (non-hydrogen) atoms. The molecule has 0 saturated heterocycles. The molecule has 1 fully saturated rings. The maximum absolute atomic E-state index is 13.5. The first-order valence-electron chi connectivity index (χ1n) is 10.4. The summed E-state index contributed by atoms with van der Waals surface area (Å²) < 4.78 is 13.9. The zero-order chi connectivity index (χ0) is 22.8. The van der Waals surface area contributed by atoms with E-state index in [0.29, 0.717) is 53.2 Å². The van der Waals surface area contributed by atoms with Gasteiger partial charge in [0, 0.05) is 19.2 Å². The van der Waals surface area contributed by atoms with Crippen LogP contribution >= 0.6 is 11.6 Å². The normalized spacial score (nSPS) is 18.3. The summed E-state index contributed by atoms with van der Waals surface area (Å²) in [6.07, 6.45) is 4.14. The van der Waals surface area contributed by atoms with Crippen LogP contribution in [0.3, 0.4) is 0 Å². The van der Waals surface area contributed by atoms with Gasteiger partial charge >= 0.3 is 11.7 Å². The molecule has 166 valence electrons. The highest BCUT2D eigenvalue weighted by atomic mass is 35.5. The van der Waals surface area contributed by atoms with Crippen molar-refractivity contribution in [3.05, 3.63) is 57.1 Å². The summed E-state index contributed by atoms with van der Waals surface area (Å²) in [7, 11) is 1.55. The topological polar surface area (TPSA) is 99.1 Å². The van der Waals surface area contributed by atoms with Crippen LogP contribution in [-0.4, -0.2) is 33.3 Å². The summed E-state index contributed by atoms with van der Waals surface area (Å²) in [5.41, 5.74) is 2.17. The predicted molar refractivity (Wildman–Crippen MR) is 119 cm³/mol. The maximum atomic E-state index is 13.5. The van der Waals surface area contributed by atoms with Crippen LogP contribution in [0.15, 0.2) is 35.3 Å². The quantitative estimate of drug-likeness (QED) is 0.543. The second kappa shape index (κ2) is 9.05. The molecule has 0 spiro atoms. The number of carbonyl (C=O) groups is 1. The van der Waals surface area contributed by atoms with Crippen molar-refractivity contribution in [3.8, 4) is 11.8 Å². The number of benzene rings is 1. The molecule has 0 atom stereocenters. The van der Waals surface area contributed by atoms with E-state index in [1.807, 2.05) is 6.07 Å². The minimum atomic E-state index is -0.286. The van der Waals surface area contributed by atoms with Crippen molar-refractivity contribution >= 4 is 28.7 Å². The second-order valence-electron chi connectivity index (χ2n) is 7.93. The molecule has 3 aromatic rings. The van der Waals surface area contributed by atoms with Gasteiger partial charge in [-0.25, -0.2) is 9.78 Å². The summed E-state index contributed by atoms with van der Waals surface area (Å²) in [6, 6.07) is 9.11. The lowest BCUT2D eigenvalue weighted by Crippen LogP contribution is -2.32. The van der Waals surface area contributed by atoms with Crippen LogP contribution in [0.4, 0.5) is 0 Å². The van der Waals surface area contributed by atoms with Gasteiger partial charge in [0.05, 0.1) is 29.8 Å². The van der Waals surface area contributed by atoms with E-state index in [9.17, 15) is 14.9 Å². The molecule has 9 heteroatoms. The van der Waals surface area contributed by atoms with Crippen LogP contribution in [-0.2, 0) is 16.1 Å². The largest absolute Gasteiger partial charge is 0.495 e. The number of hydrogen-bond acceptors (Lipinski definition) is 6. The molecule has 1 aliphatic carbocycles. The third kappa shape index (κ3) is 4.21. The third-order valence-electron chi connectivity index (χ3n) is 5.83. The standard InChI is InChI=1S/C23H23ClN4O4/c1-14(29)32-18-6-4-17(5-7-18)28-22-20(10-16(11-25)12-26-22)27(23(28)30)13-15-3-8-21(31-2)19(24)9-15/h3,8-10,12,17-18H,4-7,13H2,1-2H3/t17-,18+.